The van der Waals surface area contributed by atoms with Crippen LogP contribution in [-0.2, 0) is 13.6 Å². The largest absolute Gasteiger partial charge is 0.384 e. The van der Waals surface area contributed by atoms with Crippen LogP contribution in [0.15, 0.2) is 12.4 Å². The van der Waals surface area contributed by atoms with Crippen LogP contribution in [0, 0.1) is 6.92 Å². The number of rotatable bonds is 3. The van der Waals surface area contributed by atoms with Gasteiger partial charge < -0.3 is 15.6 Å². The molecule has 0 fully saturated rings. The molecule has 16 heavy (non-hydrogen) atoms. The molecule has 0 aliphatic rings. The summed E-state index contributed by atoms with van der Waals surface area (Å²) in [7, 11) is 1.89. The highest BCUT2D eigenvalue weighted by Gasteiger charge is 2.02. The molecule has 84 valence electrons. The number of nitrogens with one attached hydrogen (secondary N) is 1. The maximum absolute atomic E-state index is 5.61. The van der Waals surface area contributed by atoms with Gasteiger partial charge in [-0.05, 0) is 6.92 Å². The van der Waals surface area contributed by atoms with E-state index in [9.17, 15) is 0 Å². The highest BCUT2D eigenvalue weighted by molar-refractivity contribution is 5.44. The Hall–Kier alpha value is -2.18. The predicted molar refractivity (Wildman–Crippen MR) is 59.5 cm³/mol. The summed E-state index contributed by atoms with van der Waals surface area (Å²) < 4.78 is 1.84. The summed E-state index contributed by atoms with van der Waals surface area (Å²) >= 11 is 0. The van der Waals surface area contributed by atoms with Crippen molar-refractivity contribution in [2.24, 2.45) is 7.05 Å². The molecule has 0 atom stereocenters. The van der Waals surface area contributed by atoms with Crippen molar-refractivity contribution in [3.05, 3.63) is 24.0 Å². The fraction of sp³-hybridized carbons (Fsp3) is 0.333. The van der Waals surface area contributed by atoms with E-state index in [1.54, 1.807) is 19.3 Å². The molecule has 7 nitrogen and oxygen atoms in total. The van der Waals surface area contributed by atoms with Crippen molar-refractivity contribution in [3.63, 3.8) is 0 Å². The molecule has 0 unspecified atom stereocenters. The van der Waals surface area contributed by atoms with Gasteiger partial charge >= 0.3 is 0 Å². The Morgan fingerprint density at radius 1 is 1.44 bits per heavy atom. The Morgan fingerprint density at radius 2 is 2.25 bits per heavy atom. The number of nitrogen functional groups attached to an aromatic ring is 1. The summed E-state index contributed by atoms with van der Waals surface area (Å²) in [6, 6.07) is 1.68. The topological polar surface area (TPSA) is 94.5 Å². The normalized spacial score (nSPS) is 10.4. The Balaban J connectivity index is 2.07. The van der Waals surface area contributed by atoms with Gasteiger partial charge in [-0.2, -0.15) is 0 Å². The van der Waals surface area contributed by atoms with Gasteiger partial charge in [0.05, 0.1) is 6.54 Å². The van der Waals surface area contributed by atoms with Crippen molar-refractivity contribution in [2.45, 2.75) is 13.5 Å². The summed E-state index contributed by atoms with van der Waals surface area (Å²) in [4.78, 5) is 8.19. The first-order valence-electron chi connectivity index (χ1n) is 4.83. The fourth-order valence-electron chi connectivity index (χ4n) is 1.32. The molecule has 0 amide bonds. The highest BCUT2D eigenvalue weighted by Crippen LogP contribution is 2.08. The molecule has 2 rings (SSSR count). The van der Waals surface area contributed by atoms with Gasteiger partial charge in [0.2, 0.25) is 0 Å². The molecule has 0 aliphatic heterocycles. The van der Waals surface area contributed by atoms with Crippen molar-refractivity contribution in [1.29, 1.82) is 0 Å². The lowest BCUT2D eigenvalue weighted by Crippen LogP contribution is -2.08. The number of hydrogen-bond donors (Lipinski definition) is 2. The highest BCUT2D eigenvalue weighted by atomic mass is 15.3. The Morgan fingerprint density at radius 3 is 2.88 bits per heavy atom. The van der Waals surface area contributed by atoms with Crippen LogP contribution in [0.4, 0.5) is 11.6 Å². The van der Waals surface area contributed by atoms with E-state index < -0.39 is 0 Å². The number of nitrogens with zero attached hydrogens (tertiary/aromatic N) is 5. The number of hydrogen-bond acceptors (Lipinski definition) is 6. The predicted octanol–water partition coefficient (Wildman–Crippen LogP) is 0.108. The minimum Gasteiger partial charge on any atom is -0.384 e. The van der Waals surface area contributed by atoms with Crippen molar-refractivity contribution >= 4 is 11.6 Å². The van der Waals surface area contributed by atoms with Crippen molar-refractivity contribution in [1.82, 2.24) is 24.7 Å². The smallest absolute Gasteiger partial charge is 0.151 e. The summed E-state index contributed by atoms with van der Waals surface area (Å²) in [5, 5.41) is 10.9. The zero-order chi connectivity index (χ0) is 11.5. The Labute approximate surface area is 92.7 Å². The van der Waals surface area contributed by atoms with E-state index in [0.29, 0.717) is 24.0 Å². The second-order valence-corrected chi connectivity index (χ2v) is 3.44. The molecule has 2 aromatic heterocycles. The molecule has 7 heteroatoms. The quantitative estimate of drug-likeness (QED) is 0.760. The molecule has 0 bridgehead atoms. The van der Waals surface area contributed by atoms with E-state index in [1.807, 2.05) is 11.6 Å². The monoisotopic (exact) mass is 219 g/mol. The van der Waals surface area contributed by atoms with E-state index in [4.69, 9.17) is 5.73 Å². The lowest BCUT2D eigenvalue weighted by molar-refractivity contribution is 0.809. The van der Waals surface area contributed by atoms with Gasteiger partial charge in [-0.3, -0.25) is 0 Å². The van der Waals surface area contributed by atoms with Crippen molar-refractivity contribution < 1.29 is 0 Å². The first-order chi connectivity index (χ1) is 7.65. The SMILES string of the molecule is Cc1nc(N)cc(NCc2nncn2C)n1. The third-order valence-electron chi connectivity index (χ3n) is 2.09. The average molecular weight is 219 g/mol. The summed E-state index contributed by atoms with van der Waals surface area (Å²) in [5.74, 6) is 2.61. The number of aromatic nitrogens is 5. The molecule has 0 saturated heterocycles. The molecule has 2 aromatic rings. The average Bonchev–Trinajstić information content (AvgIpc) is 2.59. The zero-order valence-corrected chi connectivity index (χ0v) is 9.18. The standard InChI is InChI=1S/C9H13N7/c1-6-13-7(10)3-8(14-6)11-4-9-15-12-5-16(9)2/h3,5H,4H2,1-2H3,(H3,10,11,13,14). The molecule has 0 aromatic carbocycles. The van der Waals surface area contributed by atoms with Gasteiger partial charge in [-0.1, -0.05) is 0 Å². The van der Waals surface area contributed by atoms with Crippen molar-refractivity contribution in [2.75, 3.05) is 11.1 Å². The maximum Gasteiger partial charge on any atom is 0.151 e. The van der Waals surface area contributed by atoms with Crippen LogP contribution in [0.2, 0.25) is 0 Å². The minimum absolute atomic E-state index is 0.452. The van der Waals surface area contributed by atoms with E-state index in [1.165, 1.54) is 0 Å². The molecular weight excluding hydrogens is 206 g/mol. The van der Waals surface area contributed by atoms with Crippen LogP contribution in [-0.4, -0.2) is 24.7 Å². The van der Waals surface area contributed by atoms with E-state index in [0.717, 1.165) is 5.82 Å². The fourth-order valence-corrected chi connectivity index (χ4v) is 1.32. The van der Waals surface area contributed by atoms with Gasteiger partial charge in [0.15, 0.2) is 5.82 Å². The molecule has 0 aliphatic carbocycles. The number of aryl methyl sites for hydroxylation is 2. The van der Waals surface area contributed by atoms with Crippen LogP contribution < -0.4 is 11.1 Å². The van der Waals surface area contributed by atoms with Crippen LogP contribution >= 0.6 is 0 Å². The summed E-state index contributed by atoms with van der Waals surface area (Å²) in [6.45, 7) is 2.34. The van der Waals surface area contributed by atoms with Gasteiger partial charge in [0.25, 0.3) is 0 Å². The molecular formula is C9H13N7. The van der Waals surface area contributed by atoms with E-state index >= 15 is 0 Å². The van der Waals surface area contributed by atoms with Crippen LogP contribution in [0.25, 0.3) is 0 Å². The zero-order valence-electron chi connectivity index (χ0n) is 9.18. The first kappa shape index (κ1) is 10.3. The summed E-state index contributed by atoms with van der Waals surface area (Å²) in [5.41, 5.74) is 5.61. The van der Waals surface area contributed by atoms with Crippen LogP contribution in [0.5, 0.6) is 0 Å². The number of anilines is 2. The lowest BCUT2D eigenvalue weighted by atomic mass is 10.4. The van der Waals surface area contributed by atoms with E-state index in [2.05, 4.69) is 25.5 Å². The molecule has 0 radical (unpaired) electrons. The third-order valence-corrected chi connectivity index (χ3v) is 2.09. The second kappa shape index (κ2) is 4.13. The van der Waals surface area contributed by atoms with Crippen LogP contribution in [0.3, 0.4) is 0 Å². The minimum atomic E-state index is 0.452. The second-order valence-electron chi connectivity index (χ2n) is 3.44. The maximum atomic E-state index is 5.61. The first-order valence-corrected chi connectivity index (χ1v) is 4.83. The summed E-state index contributed by atoms with van der Waals surface area (Å²) in [6.07, 6.45) is 1.65. The molecule has 3 N–H and O–H groups in total. The van der Waals surface area contributed by atoms with Gasteiger partial charge in [-0.25, -0.2) is 9.97 Å². The van der Waals surface area contributed by atoms with E-state index in [-0.39, 0.29) is 0 Å². The molecule has 0 saturated carbocycles. The Bertz CT molecular complexity index is 470. The molecule has 0 spiro atoms. The molecule has 2 heterocycles. The van der Waals surface area contributed by atoms with Gasteiger partial charge in [0, 0.05) is 13.1 Å². The van der Waals surface area contributed by atoms with Gasteiger partial charge in [0.1, 0.15) is 23.8 Å². The van der Waals surface area contributed by atoms with Crippen LogP contribution in [0.1, 0.15) is 11.6 Å². The third kappa shape index (κ3) is 2.25. The van der Waals surface area contributed by atoms with Crippen molar-refractivity contribution in [3.8, 4) is 0 Å². The lowest BCUT2D eigenvalue weighted by Gasteiger charge is -2.06. The van der Waals surface area contributed by atoms with Gasteiger partial charge in [-0.15, -0.1) is 10.2 Å². The Kier molecular flexibility index (Phi) is 2.67. The number of nitrogens with two attached hydrogens (primary N) is 1.